The van der Waals surface area contributed by atoms with Crippen LogP contribution in [0.5, 0.6) is 5.75 Å². The van der Waals surface area contributed by atoms with Crippen LogP contribution in [-0.4, -0.2) is 49.0 Å². The fourth-order valence-electron chi connectivity index (χ4n) is 3.06. The van der Waals surface area contributed by atoms with Gasteiger partial charge in [0.15, 0.2) is 0 Å². The van der Waals surface area contributed by atoms with E-state index in [2.05, 4.69) is 33.0 Å². The molecule has 2 atom stereocenters. The lowest BCUT2D eigenvalue weighted by atomic mass is 10.1. The minimum atomic E-state index is -0.561. The lowest BCUT2D eigenvalue weighted by Gasteiger charge is -2.34. The standard InChI is InChI=1S/C20H23BrClNO3.ClH/c1-14-10-17(22)6-7-19(14)26-13-18(24)11-23-8-9-25-20(12-23)15-2-4-16(21)5-3-15;/h2-7,10,18,20,24H,8-9,11-13H2,1H3;1H. The molecule has 7 heteroatoms. The first-order valence-corrected chi connectivity index (χ1v) is 9.85. The maximum Gasteiger partial charge on any atom is 0.122 e. The van der Waals surface area contributed by atoms with Crippen molar-refractivity contribution in [1.29, 1.82) is 0 Å². The number of hydrogen-bond acceptors (Lipinski definition) is 4. The molecule has 2 unspecified atom stereocenters. The number of hydrogen-bond donors (Lipinski definition) is 1. The highest BCUT2D eigenvalue weighted by Gasteiger charge is 2.23. The Labute approximate surface area is 180 Å². The third kappa shape index (κ3) is 6.63. The zero-order valence-electron chi connectivity index (χ0n) is 15.1. The van der Waals surface area contributed by atoms with E-state index in [-0.39, 0.29) is 25.1 Å². The lowest BCUT2D eigenvalue weighted by Crippen LogP contribution is -2.43. The molecule has 2 aromatic carbocycles. The summed E-state index contributed by atoms with van der Waals surface area (Å²) in [5.74, 6) is 0.753. The van der Waals surface area contributed by atoms with Crippen molar-refractivity contribution in [2.45, 2.75) is 19.1 Å². The van der Waals surface area contributed by atoms with Crippen LogP contribution in [-0.2, 0) is 4.74 Å². The van der Waals surface area contributed by atoms with Crippen LogP contribution >= 0.6 is 39.9 Å². The van der Waals surface area contributed by atoms with Crippen LogP contribution in [0.2, 0.25) is 5.02 Å². The topological polar surface area (TPSA) is 41.9 Å². The van der Waals surface area contributed by atoms with Crippen molar-refractivity contribution in [1.82, 2.24) is 4.90 Å². The number of aryl methyl sites for hydroxylation is 1. The first kappa shape index (κ1) is 22.5. The van der Waals surface area contributed by atoms with Crippen LogP contribution in [0.25, 0.3) is 0 Å². The first-order valence-electron chi connectivity index (χ1n) is 8.67. The van der Waals surface area contributed by atoms with Crippen LogP contribution in [0.1, 0.15) is 17.2 Å². The monoisotopic (exact) mass is 475 g/mol. The normalized spacial score (nSPS) is 18.6. The number of aliphatic hydroxyl groups excluding tert-OH is 1. The number of ether oxygens (including phenoxy) is 2. The second-order valence-electron chi connectivity index (χ2n) is 6.55. The Balaban J connectivity index is 0.00000261. The fraction of sp³-hybridized carbons (Fsp3) is 0.400. The fourth-order valence-corrected chi connectivity index (χ4v) is 3.55. The second kappa shape index (κ2) is 10.6. The van der Waals surface area contributed by atoms with Gasteiger partial charge in [-0.05, 0) is 48.4 Å². The van der Waals surface area contributed by atoms with Crippen molar-refractivity contribution in [2.75, 3.05) is 32.8 Å². The number of morpholine rings is 1. The molecule has 1 fully saturated rings. The van der Waals surface area contributed by atoms with Gasteiger partial charge in [-0.25, -0.2) is 0 Å². The number of rotatable bonds is 6. The number of aliphatic hydroxyl groups is 1. The average Bonchev–Trinajstić information content (AvgIpc) is 2.62. The Bertz CT molecular complexity index is 730. The van der Waals surface area contributed by atoms with Gasteiger partial charge in [-0.15, -0.1) is 12.4 Å². The number of benzene rings is 2. The minimum absolute atomic E-state index is 0. The van der Waals surface area contributed by atoms with Gasteiger partial charge in [0, 0.05) is 29.1 Å². The summed E-state index contributed by atoms with van der Waals surface area (Å²) in [6, 6.07) is 13.7. The highest BCUT2D eigenvalue weighted by atomic mass is 79.9. The predicted octanol–water partition coefficient (Wildman–Crippen LogP) is 4.65. The van der Waals surface area contributed by atoms with Crippen LogP contribution in [0.4, 0.5) is 0 Å². The van der Waals surface area contributed by atoms with Gasteiger partial charge in [0.2, 0.25) is 0 Å². The zero-order chi connectivity index (χ0) is 18.5. The SMILES string of the molecule is Cc1cc(Cl)ccc1OCC(O)CN1CCOC(c2ccc(Br)cc2)C1.Cl. The summed E-state index contributed by atoms with van der Waals surface area (Å²) in [6.45, 7) is 4.98. The van der Waals surface area contributed by atoms with Gasteiger partial charge in [0.25, 0.3) is 0 Å². The van der Waals surface area contributed by atoms with E-state index in [9.17, 15) is 5.11 Å². The molecule has 1 aliphatic heterocycles. The molecule has 0 saturated carbocycles. The molecular formula is C20H24BrCl2NO3. The van der Waals surface area contributed by atoms with E-state index in [0.29, 0.717) is 18.2 Å². The Morgan fingerprint density at radius 1 is 1.30 bits per heavy atom. The van der Waals surface area contributed by atoms with Crippen molar-refractivity contribution in [3.05, 3.63) is 63.1 Å². The predicted molar refractivity (Wildman–Crippen MR) is 114 cm³/mol. The summed E-state index contributed by atoms with van der Waals surface area (Å²) in [4.78, 5) is 2.22. The molecule has 0 aliphatic carbocycles. The smallest absolute Gasteiger partial charge is 0.122 e. The van der Waals surface area contributed by atoms with Gasteiger partial charge < -0.3 is 14.6 Å². The molecule has 0 spiro atoms. The Morgan fingerprint density at radius 2 is 2.04 bits per heavy atom. The Hall–Kier alpha value is -0.820. The summed E-state index contributed by atoms with van der Waals surface area (Å²) >= 11 is 9.41. The molecule has 4 nitrogen and oxygen atoms in total. The number of β-amino-alcohol motifs (C(OH)–C–C–N with tert-alkyl or cyclic N) is 1. The molecule has 0 bridgehead atoms. The molecule has 1 N–H and O–H groups in total. The van der Waals surface area contributed by atoms with Gasteiger partial charge >= 0.3 is 0 Å². The summed E-state index contributed by atoms with van der Waals surface area (Å²) in [5.41, 5.74) is 2.12. The molecule has 148 valence electrons. The summed E-state index contributed by atoms with van der Waals surface area (Å²) in [7, 11) is 0. The third-order valence-electron chi connectivity index (χ3n) is 4.43. The van der Waals surface area contributed by atoms with E-state index in [1.165, 1.54) is 0 Å². The lowest BCUT2D eigenvalue weighted by molar-refractivity contribution is -0.0459. The quantitative estimate of drug-likeness (QED) is 0.659. The average molecular weight is 477 g/mol. The van der Waals surface area contributed by atoms with Gasteiger partial charge in [-0.1, -0.05) is 39.7 Å². The van der Waals surface area contributed by atoms with E-state index in [1.807, 2.05) is 31.2 Å². The van der Waals surface area contributed by atoms with E-state index >= 15 is 0 Å². The van der Waals surface area contributed by atoms with Gasteiger partial charge in [0.05, 0.1) is 12.7 Å². The van der Waals surface area contributed by atoms with Gasteiger partial charge in [-0.3, -0.25) is 4.90 Å². The first-order chi connectivity index (χ1) is 12.5. The van der Waals surface area contributed by atoms with Crippen LogP contribution in [0, 0.1) is 6.92 Å². The van der Waals surface area contributed by atoms with Crippen LogP contribution in [0.3, 0.4) is 0 Å². The maximum atomic E-state index is 10.4. The van der Waals surface area contributed by atoms with Crippen LogP contribution < -0.4 is 4.74 Å². The van der Waals surface area contributed by atoms with E-state index < -0.39 is 6.10 Å². The molecule has 0 aromatic heterocycles. The summed E-state index contributed by atoms with van der Waals surface area (Å²) in [6.07, 6.45) is -0.530. The Kier molecular flexibility index (Phi) is 8.86. The van der Waals surface area contributed by atoms with E-state index in [1.54, 1.807) is 6.07 Å². The van der Waals surface area contributed by atoms with Crippen molar-refractivity contribution >= 4 is 39.9 Å². The molecule has 0 amide bonds. The third-order valence-corrected chi connectivity index (χ3v) is 5.19. The molecule has 3 rings (SSSR count). The minimum Gasteiger partial charge on any atom is -0.491 e. The molecule has 27 heavy (non-hydrogen) atoms. The van der Waals surface area contributed by atoms with Gasteiger partial charge in [0.1, 0.15) is 18.5 Å². The second-order valence-corrected chi connectivity index (χ2v) is 7.90. The highest BCUT2D eigenvalue weighted by molar-refractivity contribution is 9.10. The molecule has 2 aromatic rings. The van der Waals surface area contributed by atoms with Crippen molar-refractivity contribution in [3.8, 4) is 5.75 Å². The van der Waals surface area contributed by atoms with Crippen LogP contribution in [0.15, 0.2) is 46.9 Å². The summed E-state index contributed by atoms with van der Waals surface area (Å²) in [5, 5.41) is 11.0. The maximum absolute atomic E-state index is 10.4. The summed E-state index contributed by atoms with van der Waals surface area (Å²) < 4.78 is 12.7. The van der Waals surface area contributed by atoms with E-state index in [0.717, 1.165) is 34.4 Å². The zero-order valence-corrected chi connectivity index (χ0v) is 18.3. The number of nitrogens with zero attached hydrogens (tertiary/aromatic N) is 1. The highest BCUT2D eigenvalue weighted by Crippen LogP contribution is 2.24. The molecule has 1 aliphatic rings. The van der Waals surface area contributed by atoms with Gasteiger partial charge in [-0.2, -0.15) is 0 Å². The molecule has 1 saturated heterocycles. The molecule has 0 radical (unpaired) electrons. The van der Waals surface area contributed by atoms with Crippen molar-refractivity contribution in [3.63, 3.8) is 0 Å². The molecule has 1 heterocycles. The number of halogens is 3. The van der Waals surface area contributed by atoms with E-state index in [4.69, 9.17) is 21.1 Å². The largest absolute Gasteiger partial charge is 0.491 e. The van der Waals surface area contributed by atoms with Crippen molar-refractivity contribution < 1.29 is 14.6 Å². The van der Waals surface area contributed by atoms with Crippen molar-refractivity contribution in [2.24, 2.45) is 0 Å². The molecular weight excluding hydrogens is 453 g/mol. The Morgan fingerprint density at radius 3 is 2.74 bits per heavy atom.